The molecule has 3 aromatic rings. The molecule has 1 atom stereocenters. The van der Waals surface area contributed by atoms with Gasteiger partial charge in [-0.05, 0) is 68.7 Å². The van der Waals surface area contributed by atoms with Crippen molar-refractivity contribution >= 4 is 49.5 Å². The second kappa shape index (κ2) is 13.3. The minimum absolute atomic E-state index is 0.113. The van der Waals surface area contributed by atoms with E-state index in [9.17, 15) is 25.5 Å². The Morgan fingerprint density at radius 3 is 2.14 bits per heavy atom. The van der Waals surface area contributed by atoms with E-state index in [2.05, 4.69) is 15.3 Å². The summed E-state index contributed by atoms with van der Waals surface area (Å²) in [5, 5.41) is 2.72. The number of hydrogen-bond acceptors (Lipinski definition) is 10. The number of aliphatic imine (C=N–C) groups is 2. The van der Waals surface area contributed by atoms with Crippen LogP contribution in [0.5, 0.6) is 0 Å². The first kappa shape index (κ1) is 33.2. The van der Waals surface area contributed by atoms with Crippen LogP contribution in [-0.4, -0.2) is 50.6 Å². The van der Waals surface area contributed by atoms with E-state index in [4.69, 9.17) is 16.0 Å². The van der Waals surface area contributed by atoms with Gasteiger partial charge in [-0.1, -0.05) is 48.5 Å². The molecule has 1 amide bonds. The van der Waals surface area contributed by atoms with Crippen molar-refractivity contribution in [1.82, 2.24) is 0 Å². The van der Waals surface area contributed by atoms with Crippen molar-refractivity contribution in [3.05, 3.63) is 90.0 Å². The molecule has 4 rings (SSSR count). The van der Waals surface area contributed by atoms with Crippen molar-refractivity contribution in [2.24, 2.45) is 21.5 Å². The van der Waals surface area contributed by atoms with E-state index in [1.54, 1.807) is 4.90 Å². The van der Waals surface area contributed by atoms with E-state index in [0.717, 1.165) is 28.9 Å². The number of nitrogens with zero attached hydrogens (tertiary/aromatic N) is 3. The Morgan fingerprint density at radius 1 is 1.00 bits per heavy atom. The van der Waals surface area contributed by atoms with Crippen molar-refractivity contribution in [3.8, 4) is 0 Å². The molecule has 15 heteroatoms. The topological polar surface area (TPSA) is 198 Å². The molecule has 1 unspecified atom stereocenters. The number of halogens is 1. The highest BCUT2D eigenvalue weighted by atomic mass is 32.3. The van der Waals surface area contributed by atoms with Gasteiger partial charge < -0.3 is 16.8 Å². The highest BCUT2D eigenvalue weighted by Crippen LogP contribution is 2.29. The summed E-state index contributed by atoms with van der Waals surface area (Å²) >= 11 is 0. The Hall–Kier alpha value is -4.34. The molecule has 3 aromatic carbocycles. The smallest absolute Gasteiger partial charge is 0.332 e. The number of nitrogens with one attached hydrogen (secondary N) is 1. The van der Waals surface area contributed by atoms with Crippen LogP contribution < -0.4 is 21.7 Å². The average Bonchev–Trinajstić information content (AvgIpc) is 2.91. The van der Waals surface area contributed by atoms with Crippen molar-refractivity contribution < 1.29 is 30.1 Å². The van der Waals surface area contributed by atoms with Gasteiger partial charge in [-0.3, -0.25) is 14.2 Å². The average molecular weight is 633 g/mol. The van der Waals surface area contributed by atoms with Crippen LogP contribution in [0.4, 0.5) is 15.3 Å². The van der Waals surface area contributed by atoms with E-state index in [-0.39, 0.29) is 29.3 Å². The zero-order valence-electron chi connectivity index (χ0n) is 23.7. The third-order valence-electron chi connectivity index (χ3n) is 6.29. The van der Waals surface area contributed by atoms with Crippen LogP contribution in [-0.2, 0) is 31.6 Å². The predicted molar refractivity (Wildman–Crippen MR) is 165 cm³/mol. The second-order valence-corrected chi connectivity index (χ2v) is 13.0. The first-order valence-corrected chi connectivity index (χ1v) is 15.9. The standard InChI is InChI=1S/C26H27FN6O3S.C2H6O3S/c1-26(2)32-24(28)31-25(29)33(26)20-13-11-17(12-14-20)15-22(18-7-4-3-5-8-18)23(34)30-19-9-6-10-21(16-19)37(27,35)36;1-2-6(3,4)5/h3-14,16,22H,15H2,1-2H3,(H,30,34)(H4,28,29,31,32);2H2,1H3,(H,3,4,5). The molecule has 1 heterocycles. The Labute approximate surface area is 250 Å². The van der Waals surface area contributed by atoms with E-state index in [1.165, 1.54) is 19.1 Å². The molecule has 0 aliphatic carbocycles. The van der Waals surface area contributed by atoms with Crippen LogP contribution in [0.1, 0.15) is 37.8 Å². The lowest BCUT2D eigenvalue weighted by Crippen LogP contribution is -2.54. The lowest BCUT2D eigenvalue weighted by molar-refractivity contribution is -0.117. The summed E-state index contributed by atoms with van der Waals surface area (Å²) in [6.45, 7) is 5.11. The molecule has 1 aliphatic rings. The highest BCUT2D eigenvalue weighted by Gasteiger charge is 2.33. The van der Waals surface area contributed by atoms with Crippen LogP contribution in [0.2, 0.25) is 0 Å². The predicted octanol–water partition coefficient (Wildman–Crippen LogP) is 3.39. The Balaban J connectivity index is 0.000000765. The zero-order valence-corrected chi connectivity index (χ0v) is 25.3. The lowest BCUT2D eigenvalue weighted by Gasteiger charge is -2.38. The summed E-state index contributed by atoms with van der Waals surface area (Å²) in [5.74, 6) is -0.819. The fourth-order valence-corrected chi connectivity index (χ4v) is 4.78. The summed E-state index contributed by atoms with van der Waals surface area (Å²) < 4.78 is 62.9. The van der Waals surface area contributed by atoms with E-state index in [1.807, 2.05) is 68.4 Å². The van der Waals surface area contributed by atoms with Gasteiger partial charge in [0.15, 0.2) is 0 Å². The molecule has 0 fully saturated rings. The normalized spacial score (nSPS) is 15.3. The fourth-order valence-electron chi connectivity index (χ4n) is 4.27. The first-order valence-electron chi connectivity index (χ1n) is 12.9. The number of benzene rings is 3. The number of amides is 1. The second-order valence-electron chi connectivity index (χ2n) is 9.93. The molecule has 0 radical (unpaired) electrons. The molecule has 230 valence electrons. The van der Waals surface area contributed by atoms with Gasteiger partial charge in [-0.2, -0.15) is 21.8 Å². The summed E-state index contributed by atoms with van der Waals surface area (Å²) in [6.07, 6.45) is 0.356. The minimum atomic E-state index is -4.90. The number of carbonyl (C=O) groups is 1. The molecule has 0 saturated heterocycles. The van der Waals surface area contributed by atoms with Gasteiger partial charge in [-0.15, -0.1) is 3.89 Å². The molecule has 0 bridgehead atoms. The quantitative estimate of drug-likeness (QED) is 0.212. The van der Waals surface area contributed by atoms with Gasteiger partial charge in [0.25, 0.3) is 10.1 Å². The van der Waals surface area contributed by atoms with Crippen LogP contribution in [0.25, 0.3) is 0 Å². The molecule has 12 nitrogen and oxygen atoms in total. The monoisotopic (exact) mass is 632 g/mol. The van der Waals surface area contributed by atoms with Gasteiger partial charge in [0.1, 0.15) is 10.6 Å². The number of hydrogen-bond donors (Lipinski definition) is 4. The van der Waals surface area contributed by atoms with Gasteiger partial charge in [-0.25, -0.2) is 4.99 Å². The maximum Gasteiger partial charge on any atom is 0.332 e. The number of nitrogens with two attached hydrogens (primary N) is 2. The van der Waals surface area contributed by atoms with Gasteiger partial charge >= 0.3 is 10.2 Å². The number of rotatable bonds is 8. The largest absolute Gasteiger partial charge is 0.369 e. The van der Waals surface area contributed by atoms with Crippen molar-refractivity contribution in [1.29, 1.82) is 0 Å². The zero-order chi connectivity index (χ0) is 32.0. The van der Waals surface area contributed by atoms with Gasteiger partial charge in [0.2, 0.25) is 17.8 Å². The molecular formula is C28H33FN6O6S2. The molecule has 43 heavy (non-hydrogen) atoms. The van der Waals surface area contributed by atoms with E-state index >= 15 is 0 Å². The highest BCUT2D eigenvalue weighted by molar-refractivity contribution is 7.86. The summed E-state index contributed by atoms with van der Waals surface area (Å²) in [5.41, 5.74) is 13.7. The van der Waals surface area contributed by atoms with Crippen LogP contribution in [0.3, 0.4) is 0 Å². The van der Waals surface area contributed by atoms with E-state index in [0.29, 0.717) is 6.42 Å². The summed E-state index contributed by atoms with van der Waals surface area (Å²) in [6, 6.07) is 21.8. The van der Waals surface area contributed by atoms with Crippen LogP contribution >= 0.6 is 0 Å². The number of anilines is 2. The van der Waals surface area contributed by atoms with E-state index < -0.39 is 36.8 Å². The molecular weight excluding hydrogens is 599 g/mol. The molecule has 0 aromatic heterocycles. The number of guanidine groups is 2. The maximum atomic E-state index is 13.4. The van der Waals surface area contributed by atoms with Crippen molar-refractivity contribution in [3.63, 3.8) is 0 Å². The summed E-state index contributed by atoms with van der Waals surface area (Å²) in [7, 11) is -8.56. The van der Waals surface area contributed by atoms with Crippen LogP contribution in [0, 0.1) is 0 Å². The molecule has 1 aliphatic heterocycles. The molecule has 0 saturated carbocycles. The third kappa shape index (κ3) is 9.33. The third-order valence-corrected chi connectivity index (χ3v) is 7.84. The SMILES string of the molecule is CC1(C)N=C(N)N=C(N)N1c1ccc(CC(C(=O)Nc2cccc(S(=O)(=O)F)c2)c2ccccc2)cc1.CCS(=O)(=O)O. The van der Waals surface area contributed by atoms with Crippen molar-refractivity contribution in [2.75, 3.05) is 16.0 Å². The van der Waals surface area contributed by atoms with Crippen molar-refractivity contribution in [2.45, 2.75) is 43.7 Å². The lowest BCUT2D eigenvalue weighted by atomic mass is 9.91. The number of carbonyl (C=O) groups excluding carboxylic acids is 1. The Morgan fingerprint density at radius 2 is 1.60 bits per heavy atom. The van der Waals surface area contributed by atoms with Gasteiger partial charge in [0.05, 0.1) is 11.7 Å². The van der Waals surface area contributed by atoms with Gasteiger partial charge in [0, 0.05) is 11.4 Å². The Kier molecular flexibility index (Phi) is 10.3. The molecule has 6 N–H and O–H groups in total. The first-order chi connectivity index (χ1) is 20.0. The Bertz CT molecular complexity index is 1730. The van der Waals surface area contributed by atoms with Crippen LogP contribution in [0.15, 0.2) is 93.7 Å². The maximum absolute atomic E-state index is 13.4. The molecule has 0 spiro atoms. The minimum Gasteiger partial charge on any atom is -0.369 e. The fraction of sp³-hybridized carbons (Fsp3) is 0.250. The summed E-state index contributed by atoms with van der Waals surface area (Å²) in [4.78, 5) is 23.0.